The average molecular weight is 287 g/mol. The standard InChI is InChI=1S/C9H13N5O2S2/c1-5(6-3-11-12-4-6)13-9-7(18(2,15)16)8(10)14-17-9/h3-5,13H,1-2H3,(H2,10,14)(H,11,12). The van der Waals surface area contributed by atoms with Crippen molar-refractivity contribution in [3.63, 3.8) is 0 Å². The monoisotopic (exact) mass is 287 g/mol. The number of anilines is 2. The molecule has 0 spiro atoms. The fraction of sp³-hybridized carbons (Fsp3) is 0.333. The number of nitrogens with zero attached hydrogens (tertiary/aromatic N) is 2. The zero-order valence-electron chi connectivity index (χ0n) is 9.84. The molecule has 2 heterocycles. The number of aromatic nitrogens is 3. The van der Waals surface area contributed by atoms with Gasteiger partial charge >= 0.3 is 0 Å². The molecular weight excluding hydrogens is 274 g/mol. The molecule has 0 aliphatic heterocycles. The smallest absolute Gasteiger partial charge is 0.182 e. The van der Waals surface area contributed by atoms with Crippen molar-refractivity contribution in [3.05, 3.63) is 18.0 Å². The van der Waals surface area contributed by atoms with Crippen molar-refractivity contribution >= 4 is 32.2 Å². The Bertz CT molecular complexity index is 632. The van der Waals surface area contributed by atoms with Crippen molar-refractivity contribution in [3.8, 4) is 0 Å². The first-order valence-corrected chi connectivity index (χ1v) is 7.76. The van der Waals surface area contributed by atoms with Crippen LogP contribution in [0.2, 0.25) is 0 Å². The molecule has 7 nitrogen and oxygen atoms in total. The zero-order valence-corrected chi connectivity index (χ0v) is 11.5. The molecular formula is C9H13N5O2S2. The SMILES string of the molecule is CC(Nc1snc(N)c1S(C)(=O)=O)c1cn[nH]c1. The van der Waals surface area contributed by atoms with E-state index in [1.54, 1.807) is 12.4 Å². The van der Waals surface area contributed by atoms with Crippen LogP contribution < -0.4 is 11.1 Å². The molecule has 0 bridgehead atoms. The Balaban J connectivity index is 2.31. The largest absolute Gasteiger partial charge is 0.382 e. The minimum atomic E-state index is -3.40. The first-order chi connectivity index (χ1) is 8.39. The highest BCUT2D eigenvalue weighted by Crippen LogP contribution is 2.33. The molecule has 0 aliphatic carbocycles. The zero-order chi connectivity index (χ0) is 13.3. The molecule has 0 aliphatic rings. The van der Waals surface area contributed by atoms with E-state index in [0.29, 0.717) is 5.00 Å². The van der Waals surface area contributed by atoms with Gasteiger partial charge in [-0.3, -0.25) is 5.10 Å². The van der Waals surface area contributed by atoms with Crippen LogP contribution in [-0.2, 0) is 9.84 Å². The molecule has 0 radical (unpaired) electrons. The van der Waals surface area contributed by atoms with Crippen LogP contribution in [0.4, 0.5) is 10.8 Å². The summed E-state index contributed by atoms with van der Waals surface area (Å²) in [7, 11) is -3.40. The predicted molar refractivity (Wildman–Crippen MR) is 70.3 cm³/mol. The lowest BCUT2D eigenvalue weighted by atomic mass is 10.2. The molecule has 0 saturated heterocycles. The van der Waals surface area contributed by atoms with Gasteiger partial charge in [-0.2, -0.15) is 9.47 Å². The maximum Gasteiger partial charge on any atom is 0.182 e. The second-order valence-electron chi connectivity index (χ2n) is 3.90. The number of aromatic amines is 1. The van der Waals surface area contributed by atoms with E-state index in [9.17, 15) is 8.42 Å². The van der Waals surface area contributed by atoms with Gasteiger partial charge in [0.1, 0.15) is 9.90 Å². The van der Waals surface area contributed by atoms with E-state index in [4.69, 9.17) is 5.73 Å². The first-order valence-electron chi connectivity index (χ1n) is 5.10. The Morgan fingerprint density at radius 3 is 2.83 bits per heavy atom. The summed E-state index contributed by atoms with van der Waals surface area (Å²) < 4.78 is 27.1. The van der Waals surface area contributed by atoms with E-state index < -0.39 is 9.84 Å². The van der Waals surface area contributed by atoms with E-state index in [0.717, 1.165) is 23.4 Å². The van der Waals surface area contributed by atoms with Crippen LogP contribution in [0.15, 0.2) is 17.3 Å². The van der Waals surface area contributed by atoms with Crippen molar-refractivity contribution in [1.82, 2.24) is 14.6 Å². The van der Waals surface area contributed by atoms with Gasteiger partial charge in [-0.1, -0.05) is 0 Å². The van der Waals surface area contributed by atoms with Gasteiger partial charge in [-0.25, -0.2) is 8.42 Å². The summed E-state index contributed by atoms with van der Waals surface area (Å²) in [4.78, 5) is 0.0582. The summed E-state index contributed by atoms with van der Waals surface area (Å²) in [5.41, 5.74) is 6.50. The second kappa shape index (κ2) is 4.58. The van der Waals surface area contributed by atoms with Crippen molar-refractivity contribution in [2.75, 3.05) is 17.3 Å². The number of nitrogen functional groups attached to an aromatic ring is 1. The van der Waals surface area contributed by atoms with Crippen LogP contribution in [-0.4, -0.2) is 29.2 Å². The molecule has 0 fully saturated rings. The van der Waals surface area contributed by atoms with Gasteiger partial charge in [0.05, 0.1) is 12.2 Å². The first kappa shape index (κ1) is 12.8. The normalized spacial score (nSPS) is 13.4. The van der Waals surface area contributed by atoms with Crippen LogP contribution >= 0.6 is 11.5 Å². The highest BCUT2D eigenvalue weighted by molar-refractivity contribution is 7.91. The van der Waals surface area contributed by atoms with Crippen molar-refractivity contribution in [1.29, 1.82) is 0 Å². The van der Waals surface area contributed by atoms with Crippen LogP contribution in [0, 0.1) is 0 Å². The lowest BCUT2D eigenvalue weighted by Gasteiger charge is -2.12. The fourth-order valence-corrected chi connectivity index (χ4v) is 3.66. The van der Waals surface area contributed by atoms with Crippen LogP contribution in [0.1, 0.15) is 18.5 Å². The fourth-order valence-electron chi connectivity index (χ4n) is 1.52. The van der Waals surface area contributed by atoms with Crippen molar-refractivity contribution in [2.45, 2.75) is 17.9 Å². The third-order valence-electron chi connectivity index (χ3n) is 2.41. The molecule has 1 unspecified atom stereocenters. The van der Waals surface area contributed by atoms with E-state index >= 15 is 0 Å². The molecule has 0 aromatic carbocycles. The van der Waals surface area contributed by atoms with Crippen LogP contribution in [0.5, 0.6) is 0 Å². The second-order valence-corrected chi connectivity index (χ2v) is 6.62. The van der Waals surface area contributed by atoms with E-state index in [1.807, 2.05) is 6.92 Å². The molecule has 4 N–H and O–H groups in total. The summed E-state index contributed by atoms with van der Waals surface area (Å²) >= 11 is 1.03. The molecule has 2 aromatic rings. The number of hydrogen-bond acceptors (Lipinski definition) is 7. The minimum absolute atomic E-state index is 0.0318. The Labute approximate surface area is 108 Å². The van der Waals surface area contributed by atoms with Gasteiger partial charge in [-0.05, 0) is 18.5 Å². The molecule has 1 atom stereocenters. The molecule has 0 amide bonds. The lowest BCUT2D eigenvalue weighted by Crippen LogP contribution is -2.09. The van der Waals surface area contributed by atoms with Crippen molar-refractivity contribution < 1.29 is 8.42 Å². The predicted octanol–water partition coefficient (Wildman–Crippen LogP) is 1.02. The van der Waals surface area contributed by atoms with Gasteiger partial charge < -0.3 is 11.1 Å². The highest BCUT2D eigenvalue weighted by Gasteiger charge is 2.22. The quantitative estimate of drug-likeness (QED) is 0.773. The Morgan fingerprint density at radius 1 is 1.56 bits per heavy atom. The Morgan fingerprint density at radius 2 is 2.28 bits per heavy atom. The Hall–Kier alpha value is -1.61. The minimum Gasteiger partial charge on any atom is -0.382 e. The number of hydrogen-bond donors (Lipinski definition) is 3. The molecule has 0 saturated carbocycles. The molecule has 2 rings (SSSR count). The van der Waals surface area contributed by atoms with Gasteiger partial charge in [0.2, 0.25) is 0 Å². The number of nitrogens with two attached hydrogens (primary N) is 1. The molecule has 2 aromatic heterocycles. The number of rotatable bonds is 4. The van der Waals surface area contributed by atoms with E-state index in [1.165, 1.54) is 0 Å². The highest BCUT2D eigenvalue weighted by atomic mass is 32.2. The number of nitrogens with one attached hydrogen (secondary N) is 2. The summed E-state index contributed by atoms with van der Waals surface area (Å²) in [6.07, 6.45) is 4.52. The lowest BCUT2D eigenvalue weighted by molar-refractivity contribution is 0.602. The molecule has 98 valence electrons. The van der Waals surface area contributed by atoms with Crippen LogP contribution in [0.25, 0.3) is 0 Å². The average Bonchev–Trinajstić information content (AvgIpc) is 2.86. The summed E-state index contributed by atoms with van der Waals surface area (Å²) in [5.74, 6) is 0.0318. The summed E-state index contributed by atoms with van der Waals surface area (Å²) in [6, 6.07) is -0.0934. The summed E-state index contributed by atoms with van der Waals surface area (Å²) in [5, 5.41) is 10.1. The van der Waals surface area contributed by atoms with Gasteiger partial charge in [0.15, 0.2) is 15.7 Å². The van der Waals surface area contributed by atoms with Gasteiger partial charge in [0.25, 0.3) is 0 Å². The Kier molecular flexibility index (Phi) is 3.26. The van der Waals surface area contributed by atoms with Crippen LogP contribution in [0.3, 0.4) is 0 Å². The topological polar surface area (TPSA) is 114 Å². The third kappa shape index (κ3) is 2.46. The van der Waals surface area contributed by atoms with Gasteiger partial charge in [-0.15, -0.1) is 0 Å². The van der Waals surface area contributed by atoms with Gasteiger partial charge in [0, 0.05) is 18.0 Å². The number of H-pyrrole nitrogens is 1. The molecule has 9 heteroatoms. The third-order valence-corrected chi connectivity index (χ3v) is 4.49. The maximum absolute atomic E-state index is 11.6. The summed E-state index contributed by atoms with van der Waals surface area (Å²) in [6.45, 7) is 1.90. The maximum atomic E-state index is 11.6. The number of sulfone groups is 1. The van der Waals surface area contributed by atoms with E-state index in [-0.39, 0.29) is 16.8 Å². The van der Waals surface area contributed by atoms with Crippen molar-refractivity contribution in [2.24, 2.45) is 0 Å². The molecule has 18 heavy (non-hydrogen) atoms. The van der Waals surface area contributed by atoms with E-state index in [2.05, 4.69) is 19.9 Å².